The first-order valence-corrected chi connectivity index (χ1v) is 3.36. The van der Waals surface area contributed by atoms with E-state index in [9.17, 15) is 4.79 Å². The molecule has 3 heteroatoms. The van der Waals surface area contributed by atoms with Gasteiger partial charge in [-0.1, -0.05) is 5.92 Å². The molecule has 12 heavy (non-hydrogen) atoms. The quantitative estimate of drug-likeness (QED) is 0.649. The van der Waals surface area contributed by atoms with Crippen molar-refractivity contribution in [3.05, 3.63) is 29.6 Å². The number of hydrogen-bond donors (Lipinski definition) is 1. The molecule has 0 saturated heterocycles. The summed E-state index contributed by atoms with van der Waals surface area (Å²) in [4.78, 5) is 14.2. The zero-order valence-electron chi connectivity index (χ0n) is 6.32. The van der Waals surface area contributed by atoms with Gasteiger partial charge in [-0.3, -0.25) is 9.78 Å². The van der Waals surface area contributed by atoms with Gasteiger partial charge in [-0.05, 0) is 12.1 Å². The molecule has 1 N–H and O–H groups in total. The Morgan fingerprint density at radius 2 is 2.50 bits per heavy atom. The standard InChI is InChI=1S/C9H7NO2/c1-2-7-4-3-5-10-8(7)6-9(11)12/h1,3-5H,6H2,(H,11,12). The van der Waals surface area contributed by atoms with Crippen molar-refractivity contribution in [1.29, 1.82) is 0 Å². The van der Waals surface area contributed by atoms with Gasteiger partial charge in [-0.15, -0.1) is 6.42 Å². The van der Waals surface area contributed by atoms with Gasteiger partial charge >= 0.3 is 5.97 Å². The third-order valence-electron chi connectivity index (χ3n) is 1.36. The van der Waals surface area contributed by atoms with E-state index in [1.807, 2.05) is 0 Å². The maximum atomic E-state index is 10.3. The molecule has 0 saturated carbocycles. The van der Waals surface area contributed by atoms with Gasteiger partial charge in [0.2, 0.25) is 0 Å². The Morgan fingerprint density at radius 1 is 1.75 bits per heavy atom. The van der Waals surface area contributed by atoms with Crippen LogP contribution in [0.25, 0.3) is 0 Å². The number of hydrogen-bond acceptors (Lipinski definition) is 2. The summed E-state index contributed by atoms with van der Waals surface area (Å²) >= 11 is 0. The number of pyridine rings is 1. The Labute approximate surface area is 70.1 Å². The number of nitrogens with zero attached hydrogens (tertiary/aromatic N) is 1. The summed E-state index contributed by atoms with van der Waals surface area (Å²) in [7, 11) is 0. The maximum absolute atomic E-state index is 10.3. The lowest BCUT2D eigenvalue weighted by Gasteiger charge is -1.97. The second kappa shape index (κ2) is 3.54. The van der Waals surface area contributed by atoms with Crippen LogP contribution in [-0.2, 0) is 11.2 Å². The zero-order chi connectivity index (χ0) is 8.97. The van der Waals surface area contributed by atoms with Gasteiger partial charge in [0.15, 0.2) is 0 Å². The van der Waals surface area contributed by atoms with Crippen LogP contribution >= 0.6 is 0 Å². The Bertz CT molecular complexity index is 339. The van der Waals surface area contributed by atoms with Crippen LogP contribution in [0.1, 0.15) is 11.3 Å². The SMILES string of the molecule is C#Cc1cccnc1CC(=O)O. The smallest absolute Gasteiger partial charge is 0.309 e. The predicted octanol–water partition coefficient (Wildman–Crippen LogP) is 0.690. The van der Waals surface area contributed by atoms with E-state index in [2.05, 4.69) is 10.9 Å². The number of aliphatic carboxylic acids is 1. The lowest BCUT2D eigenvalue weighted by molar-refractivity contribution is -0.136. The van der Waals surface area contributed by atoms with Crippen molar-refractivity contribution in [2.45, 2.75) is 6.42 Å². The lowest BCUT2D eigenvalue weighted by atomic mass is 10.1. The van der Waals surface area contributed by atoms with Gasteiger partial charge < -0.3 is 5.11 Å². The third kappa shape index (κ3) is 1.83. The molecule has 0 aliphatic rings. The molecule has 0 fully saturated rings. The highest BCUT2D eigenvalue weighted by Crippen LogP contribution is 2.03. The highest BCUT2D eigenvalue weighted by molar-refractivity contribution is 5.70. The highest BCUT2D eigenvalue weighted by Gasteiger charge is 2.04. The fourth-order valence-electron chi connectivity index (χ4n) is 0.854. The van der Waals surface area contributed by atoms with Gasteiger partial charge in [0.25, 0.3) is 0 Å². The minimum atomic E-state index is -0.926. The third-order valence-corrected chi connectivity index (χ3v) is 1.36. The van der Waals surface area contributed by atoms with Crippen LogP contribution in [0.2, 0.25) is 0 Å². The molecular weight excluding hydrogens is 154 g/mol. The van der Waals surface area contributed by atoms with Crippen molar-refractivity contribution < 1.29 is 9.90 Å². The van der Waals surface area contributed by atoms with Crippen molar-refractivity contribution in [3.8, 4) is 12.3 Å². The van der Waals surface area contributed by atoms with E-state index < -0.39 is 5.97 Å². The summed E-state index contributed by atoms with van der Waals surface area (Å²) in [6, 6.07) is 3.35. The van der Waals surface area contributed by atoms with Crippen LogP contribution in [0.5, 0.6) is 0 Å². The summed E-state index contributed by atoms with van der Waals surface area (Å²) in [6.45, 7) is 0. The first-order valence-electron chi connectivity index (χ1n) is 3.36. The van der Waals surface area contributed by atoms with E-state index in [1.54, 1.807) is 12.1 Å². The number of rotatable bonds is 2. The molecule has 0 unspecified atom stereocenters. The Morgan fingerprint density at radius 3 is 3.08 bits per heavy atom. The van der Waals surface area contributed by atoms with E-state index in [0.717, 1.165) is 0 Å². The molecule has 1 rings (SSSR count). The summed E-state index contributed by atoms with van der Waals surface area (Å²) in [5, 5.41) is 8.48. The van der Waals surface area contributed by atoms with E-state index in [-0.39, 0.29) is 6.42 Å². The van der Waals surface area contributed by atoms with Crippen LogP contribution in [0.15, 0.2) is 18.3 Å². The van der Waals surface area contributed by atoms with E-state index in [1.165, 1.54) is 6.20 Å². The largest absolute Gasteiger partial charge is 0.481 e. The van der Waals surface area contributed by atoms with Crippen molar-refractivity contribution in [2.24, 2.45) is 0 Å². The van der Waals surface area contributed by atoms with Crippen molar-refractivity contribution in [3.63, 3.8) is 0 Å². The van der Waals surface area contributed by atoms with Crippen LogP contribution in [0, 0.1) is 12.3 Å². The molecular formula is C9H7NO2. The molecule has 1 aromatic rings. The fourth-order valence-corrected chi connectivity index (χ4v) is 0.854. The van der Waals surface area contributed by atoms with Gasteiger partial charge in [-0.25, -0.2) is 0 Å². The summed E-state index contributed by atoms with van der Waals surface area (Å²) in [5.41, 5.74) is 0.979. The maximum Gasteiger partial charge on any atom is 0.309 e. The number of carboxylic acid groups (broad SMARTS) is 1. The molecule has 0 aliphatic carbocycles. The van der Waals surface area contributed by atoms with Gasteiger partial charge in [-0.2, -0.15) is 0 Å². The normalized spacial score (nSPS) is 8.92. The monoisotopic (exact) mass is 161 g/mol. The summed E-state index contributed by atoms with van der Waals surface area (Å²) < 4.78 is 0. The average molecular weight is 161 g/mol. The Hall–Kier alpha value is -1.82. The molecule has 0 aromatic carbocycles. The first-order chi connectivity index (χ1) is 5.74. The van der Waals surface area contributed by atoms with Crippen LogP contribution < -0.4 is 0 Å². The van der Waals surface area contributed by atoms with Crippen molar-refractivity contribution in [1.82, 2.24) is 4.98 Å². The van der Waals surface area contributed by atoms with Gasteiger partial charge in [0.1, 0.15) is 0 Å². The van der Waals surface area contributed by atoms with Crippen LogP contribution in [-0.4, -0.2) is 16.1 Å². The molecule has 0 amide bonds. The molecule has 1 heterocycles. The number of carbonyl (C=O) groups is 1. The zero-order valence-corrected chi connectivity index (χ0v) is 6.32. The Balaban J connectivity index is 2.99. The van der Waals surface area contributed by atoms with Crippen molar-refractivity contribution in [2.75, 3.05) is 0 Å². The molecule has 0 bridgehead atoms. The van der Waals surface area contributed by atoms with Crippen molar-refractivity contribution >= 4 is 5.97 Å². The highest BCUT2D eigenvalue weighted by atomic mass is 16.4. The Kier molecular flexibility index (Phi) is 2.44. The van der Waals surface area contributed by atoms with Gasteiger partial charge in [0, 0.05) is 11.8 Å². The summed E-state index contributed by atoms with van der Waals surface area (Å²) in [6.07, 6.45) is 6.55. The van der Waals surface area contributed by atoms with Crippen LogP contribution in [0.4, 0.5) is 0 Å². The predicted molar refractivity (Wildman–Crippen MR) is 43.5 cm³/mol. The first kappa shape index (κ1) is 8.28. The molecule has 3 nitrogen and oxygen atoms in total. The second-order valence-corrected chi connectivity index (χ2v) is 2.21. The molecule has 0 aliphatic heterocycles. The molecule has 60 valence electrons. The number of aromatic nitrogens is 1. The average Bonchev–Trinajstić information content (AvgIpc) is 2.04. The molecule has 1 aromatic heterocycles. The van der Waals surface area contributed by atoms with E-state index >= 15 is 0 Å². The summed E-state index contributed by atoms with van der Waals surface area (Å²) in [5.74, 6) is 1.45. The minimum absolute atomic E-state index is 0.125. The van der Waals surface area contributed by atoms with E-state index in [4.69, 9.17) is 11.5 Å². The lowest BCUT2D eigenvalue weighted by Crippen LogP contribution is -2.04. The number of carboxylic acids is 1. The topological polar surface area (TPSA) is 50.2 Å². The van der Waals surface area contributed by atoms with E-state index in [0.29, 0.717) is 11.3 Å². The molecule has 0 radical (unpaired) electrons. The fraction of sp³-hybridized carbons (Fsp3) is 0.111. The molecule has 0 atom stereocenters. The molecule has 0 spiro atoms. The van der Waals surface area contributed by atoms with Gasteiger partial charge in [0.05, 0.1) is 12.1 Å². The minimum Gasteiger partial charge on any atom is -0.481 e. The van der Waals surface area contributed by atoms with Crippen LogP contribution in [0.3, 0.4) is 0 Å². The number of terminal acetylenes is 1. The second-order valence-electron chi connectivity index (χ2n) is 2.21.